The number of benzene rings is 2. The van der Waals surface area contributed by atoms with Crippen LogP contribution in [0.2, 0.25) is 5.02 Å². The summed E-state index contributed by atoms with van der Waals surface area (Å²) in [7, 11) is 0. The number of carbonyl (C=O) groups is 2. The van der Waals surface area contributed by atoms with E-state index >= 15 is 0 Å². The van der Waals surface area contributed by atoms with Gasteiger partial charge < -0.3 is 10.1 Å². The topological polar surface area (TPSA) is 122 Å². The van der Waals surface area contributed by atoms with E-state index < -0.39 is 11.6 Å². The van der Waals surface area contributed by atoms with Crippen LogP contribution in [-0.4, -0.2) is 32.6 Å². The van der Waals surface area contributed by atoms with Crippen molar-refractivity contribution in [3.8, 4) is 0 Å². The normalized spacial score (nSPS) is 14.7. The summed E-state index contributed by atoms with van der Waals surface area (Å²) in [6.07, 6.45) is 2.69. The van der Waals surface area contributed by atoms with Crippen LogP contribution >= 0.6 is 11.6 Å². The number of halogens is 1. The van der Waals surface area contributed by atoms with E-state index in [-0.39, 0.29) is 12.5 Å². The lowest BCUT2D eigenvalue weighted by Crippen LogP contribution is -2.44. The summed E-state index contributed by atoms with van der Waals surface area (Å²) >= 11 is 6.19. The number of nitrogens with zero attached hydrogens (tertiary/aromatic N) is 3. The van der Waals surface area contributed by atoms with Crippen LogP contribution in [0.25, 0.3) is 0 Å². The van der Waals surface area contributed by atoms with E-state index in [4.69, 9.17) is 16.3 Å². The number of ether oxygens (including phenoxy) is 1. The number of hydrogen-bond donors (Lipinski definition) is 3. The zero-order chi connectivity index (χ0) is 21.7. The highest BCUT2D eigenvalue weighted by atomic mass is 35.5. The van der Waals surface area contributed by atoms with Crippen LogP contribution < -0.4 is 10.6 Å². The highest BCUT2D eigenvalue weighted by Crippen LogP contribution is 2.37. The molecule has 0 bridgehead atoms. The van der Waals surface area contributed by atoms with E-state index in [0.717, 1.165) is 31.2 Å². The van der Waals surface area contributed by atoms with Crippen molar-refractivity contribution in [2.24, 2.45) is 0 Å². The smallest absolute Gasteiger partial charge is 0.411 e. The number of nitrogens with one attached hydrogen (secondary N) is 3. The first kappa shape index (κ1) is 20.8. The molecule has 0 radical (unpaired) electrons. The van der Waals surface area contributed by atoms with Gasteiger partial charge in [-0.2, -0.15) is 5.21 Å². The van der Waals surface area contributed by atoms with Crippen LogP contribution in [-0.2, 0) is 16.9 Å². The molecule has 31 heavy (non-hydrogen) atoms. The Morgan fingerprint density at radius 1 is 1.13 bits per heavy atom. The summed E-state index contributed by atoms with van der Waals surface area (Å²) in [4.78, 5) is 25.2. The highest BCUT2D eigenvalue weighted by molar-refractivity contribution is 6.31. The van der Waals surface area contributed by atoms with Crippen molar-refractivity contribution in [1.29, 1.82) is 0 Å². The molecule has 1 fully saturated rings. The molecular formula is C21H21ClN6O3. The minimum Gasteiger partial charge on any atom is -0.444 e. The van der Waals surface area contributed by atoms with Gasteiger partial charge in [0.05, 0.1) is 0 Å². The average molecular weight is 441 g/mol. The molecule has 3 N–H and O–H groups in total. The van der Waals surface area contributed by atoms with Gasteiger partial charge in [-0.1, -0.05) is 60.0 Å². The molecule has 3 aromatic rings. The first-order chi connectivity index (χ1) is 15.0. The first-order valence-corrected chi connectivity index (χ1v) is 10.3. The number of anilines is 1. The molecule has 0 atom stereocenters. The monoisotopic (exact) mass is 440 g/mol. The molecule has 1 aliphatic carbocycles. The summed E-state index contributed by atoms with van der Waals surface area (Å²) < 4.78 is 5.22. The summed E-state index contributed by atoms with van der Waals surface area (Å²) in [5.74, 6) is 0.123. The lowest BCUT2D eigenvalue weighted by molar-refractivity contribution is 0.0893. The quantitative estimate of drug-likeness (QED) is 0.535. The van der Waals surface area contributed by atoms with Crippen molar-refractivity contribution in [2.75, 3.05) is 5.32 Å². The largest absolute Gasteiger partial charge is 0.444 e. The second kappa shape index (κ2) is 9.13. The number of tetrazole rings is 1. The molecule has 1 saturated carbocycles. The predicted octanol–water partition coefficient (Wildman–Crippen LogP) is 3.80. The predicted molar refractivity (Wildman–Crippen MR) is 113 cm³/mol. The maximum absolute atomic E-state index is 13.0. The zero-order valence-corrected chi connectivity index (χ0v) is 17.4. The molecule has 0 unspecified atom stereocenters. The summed E-state index contributed by atoms with van der Waals surface area (Å²) in [6.45, 7) is 0.133. The second-order valence-electron chi connectivity index (χ2n) is 7.39. The minimum atomic E-state index is -0.672. The van der Waals surface area contributed by atoms with Gasteiger partial charge in [-0.3, -0.25) is 10.1 Å². The average Bonchev–Trinajstić information content (AvgIpc) is 3.45. The molecule has 0 saturated heterocycles. The third-order valence-corrected chi connectivity index (χ3v) is 5.42. The van der Waals surface area contributed by atoms with E-state index in [1.807, 2.05) is 30.3 Å². The molecule has 0 aliphatic heterocycles. The summed E-state index contributed by atoms with van der Waals surface area (Å²) in [6, 6.07) is 14.0. The number of H-pyrrole nitrogens is 1. The zero-order valence-electron chi connectivity index (χ0n) is 16.6. The maximum Gasteiger partial charge on any atom is 0.411 e. The highest BCUT2D eigenvalue weighted by Gasteiger charge is 2.41. The molecule has 10 heteroatoms. The molecular weight excluding hydrogens is 420 g/mol. The van der Waals surface area contributed by atoms with Crippen LogP contribution in [0.5, 0.6) is 0 Å². The Morgan fingerprint density at radius 3 is 2.61 bits per heavy atom. The maximum atomic E-state index is 13.0. The van der Waals surface area contributed by atoms with E-state index in [0.29, 0.717) is 22.1 Å². The van der Waals surface area contributed by atoms with E-state index in [2.05, 4.69) is 31.3 Å². The number of aromatic nitrogens is 4. The van der Waals surface area contributed by atoms with Gasteiger partial charge >= 0.3 is 6.09 Å². The number of carbonyl (C=O) groups excluding carboxylic acids is 2. The van der Waals surface area contributed by atoms with Gasteiger partial charge in [-0.15, -0.1) is 10.2 Å². The van der Waals surface area contributed by atoms with Gasteiger partial charge in [-0.25, -0.2) is 4.79 Å². The lowest BCUT2D eigenvalue weighted by Gasteiger charge is -2.26. The standard InChI is InChI=1S/C21H21ClN6O3/c22-16-10-15(18(29)24-21(8-4-5-9-21)19-25-27-28-26-19)11-17(12-16)23-20(30)31-13-14-6-2-1-3-7-14/h1-3,6-7,10-12H,4-5,8-9,13H2,(H,23,30)(H,24,29)(H,25,26,27,28). The Bertz CT molecular complexity index is 1050. The van der Waals surface area contributed by atoms with Crippen LogP contribution in [0.3, 0.4) is 0 Å². The first-order valence-electron chi connectivity index (χ1n) is 9.89. The van der Waals surface area contributed by atoms with Gasteiger partial charge in [0, 0.05) is 16.3 Å². The van der Waals surface area contributed by atoms with Crippen LogP contribution in [0, 0.1) is 0 Å². The molecule has 2 aromatic carbocycles. The number of amides is 2. The molecule has 1 aromatic heterocycles. The van der Waals surface area contributed by atoms with Crippen molar-refractivity contribution < 1.29 is 14.3 Å². The third-order valence-electron chi connectivity index (χ3n) is 5.20. The van der Waals surface area contributed by atoms with Crippen molar-refractivity contribution >= 4 is 29.3 Å². The van der Waals surface area contributed by atoms with Crippen molar-refractivity contribution in [1.82, 2.24) is 25.9 Å². The van der Waals surface area contributed by atoms with E-state index in [1.54, 1.807) is 12.1 Å². The van der Waals surface area contributed by atoms with Gasteiger partial charge in [0.15, 0.2) is 5.82 Å². The van der Waals surface area contributed by atoms with E-state index in [9.17, 15) is 9.59 Å². The Kier molecular flexibility index (Phi) is 6.13. The Morgan fingerprint density at radius 2 is 1.90 bits per heavy atom. The Labute approximate surface area is 183 Å². The molecule has 1 aliphatic rings. The molecule has 160 valence electrons. The Balaban J connectivity index is 1.44. The summed E-state index contributed by atoms with van der Waals surface area (Å²) in [5, 5.41) is 20.2. The van der Waals surface area contributed by atoms with Crippen molar-refractivity contribution in [2.45, 2.75) is 37.8 Å². The molecule has 2 amide bonds. The fraction of sp³-hybridized carbons (Fsp3) is 0.286. The number of hydrogen-bond acceptors (Lipinski definition) is 6. The lowest BCUT2D eigenvalue weighted by atomic mass is 9.96. The van der Waals surface area contributed by atoms with Crippen LogP contribution in [0.1, 0.15) is 47.4 Å². The fourth-order valence-electron chi connectivity index (χ4n) is 3.71. The van der Waals surface area contributed by atoms with E-state index in [1.165, 1.54) is 6.07 Å². The molecule has 0 spiro atoms. The third kappa shape index (κ3) is 5.00. The minimum absolute atomic E-state index is 0.133. The van der Waals surface area contributed by atoms with Gasteiger partial charge in [0.25, 0.3) is 5.91 Å². The summed E-state index contributed by atoms with van der Waals surface area (Å²) in [5.41, 5.74) is 0.859. The van der Waals surface area contributed by atoms with Crippen LogP contribution in [0.15, 0.2) is 48.5 Å². The van der Waals surface area contributed by atoms with Gasteiger partial charge in [-0.05, 0) is 36.6 Å². The van der Waals surface area contributed by atoms with Gasteiger partial charge in [0.2, 0.25) is 0 Å². The number of aromatic amines is 1. The van der Waals surface area contributed by atoms with Crippen molar-refractivity contribution in [3.05, 3.63) is 70.5 Å². The fourth-order valence-corrected chi connectivity index (χ4v) is 3.94. The second-order valence-corrected chi connectivity index (χ2v) is 7.83. The molecule has 1 heterocycles. The molecule has 4 rings (SSSR count). The van der Waals surface area contributed by atoms with Crippen LogP contribution in [0.4, 0.5) is 10.5 Å². The van der Waals surface area contributed by atoms with Crippen molar-refractivity contribution in [3.63, 3.8) is 0 Å². The molecule has 9 nitrogen and oxygen atoms in total. The Hall–Kier alpha value is -3.46. The number of rotatable bonds is 6. The van der Waals surface area contributed by atoms with Gasteiger partial charge in [0.1, 0.15) is 12.1 Å². The SMILES string of the molecule is O=C(Nc1cc(Cl)cc(C(=O)NC2(c3nn[nH]n3)CCCC2)c1)OCc1ccccc1.